The predicted molar refractivity (Wildman–Crippen MR) is 139 cm³/mol. The number of amides is 2. The Morgan fingerprint density at radius 2 is 1.38 bits per heavy atom. The zero-order chi connectivity index (χ0) is 24.5. The van der Waals surface area contributed by atoms with E-state index in [2.05, 4.69) is 5.32 Å². The molecule has 0 saturated carbocycles. The van der Waals surface area contributed by atoms with Gasteiger partial charge in [-0.3, -0.25) is 9.59 Å². The van der Waals surface area contributed by atoms with Gasteiger partial charge in [0.05, 0.1) is 6.42 Å². The molecule has 6 heteroatoms. The highest BCUT2D eigenvalue weighted by Gasteiger charge is 2.31. The van der Waals surface area contributed by atoms with Gasteiger partial charge in [-0.25, -0.2) is 0 Å². The molecular formula is C28H30Cl2N2O2. The molecule has 0 radical (unpaired) electrons. The van der Waals surface area contributed by atoms with Crippen LogP contribution in [-0.2, 0) is 29.0 Å². The maximum absolute atomic E-state index is 13.6. The van der Waals surface area contributed by atoms with Crippen LogP contribution in [0.4, 0.5) is 0 Å². The molecular weight excluding hydrogens is 467 g/mol. The number of hydrogen-bond donors (Lipinski definition) is 1. The smallest absolute Gasteiger partial charge is 0.243 e. The Balaban J connectivity index is 1.95. The summed E-state index contributed by atoms with van der Waals surface area (Å²) in [6.45, 7) is 4.29. The zero-order valence-electron chi connectivity index (χ0n) is 19.5. The number of halogens is 2. The van der Waals surface area contributed by atoms with Crippen molar-refractivity contribution in [2.75, 3.05) is 0 Å². The zero-order valence-corrected chi connectivity index (χ0v) is 21.0. The number of benzene rings is 3. The lowest BCUT2D eigenvalue weighted by Crippen LogP contribution is -2.52. The first-order valence-corrected chi connectivity index (χ1v) is 12.2. The largest absolute Gasteiger partial charge is 0.352 e. The summed E-state index contributed by atoms with van der Waals surface area (Å²) in [5, 5.41) is 4.32. The van der Waals surface area contributed by atoms with Gasteiger partial charge in [-0.05, 0) is 54.3 Å². The summed E-state index contributed by atoms with van der Waals surface area (Å²) >= 11 is 12.1. The van der Waals surface area contributed by atoms with E-state index in [1.165, 1.54) is 0 Å². The molecule has 0 saturated heterocycles. The minimum Gasteiger partial charge on any atom is -0.352 e. The van der Waals surface area contributed by atoms with Crippen LogP contribution in [0.3, 0.4) is 0 Å². The molecule has 0 fully saturated rings. The number of nitrogens with zero attached hydrogens (tertiary/aromatic N) is 1. The fourth-order valence-electron chi connectivity index (χ4n) is 3.66. The van der Waals surface area contributed by atoms with Crippen LogP contribution < -0.4 is 5.32 Å². The normalized spacial score (nSPS) is 12.6. The highest BCUT2D eigenvalue weighted by atomic mass is 35.5. The molecule has 2 unspecified atom stereocenters. The lowest BCUT2D eigenvalue weighted by Gasteiger charge is -2.32. The molecule has 3 rings (SSSR count). The topological polar surface area (TPSA) is 49.4 Å². The quantitative estimate of drug-likeness (QED) is 0.369. The summed E-state index contributed by atoms with van der Waals surface area (Å²) in [6, 6.07) is 23.7. The molecule has 1 N–H and O–H groups in total. The highest BCUT2D eigenvalue weighted by molar-refractivity contribution is 6.30. The van der Waals surface area contributed by atoms with Crippen molar-refractivity contribution >= 4 is 35.0 Å². The fraction of sp³-hybridized carbons (Fsp3) is 0.286. The van der Waals surface area contributed by atoms with Crippen LogP contribution in [0.15, 0.2) is 78.9 Å². The molecule has 4 nitrogen and oxygen atoms in total. The van der Waals surface area contributed by atoms with Crippen LogP contribution in [0.2, 0.25) is 10.0 Å². The summed E-state index contributed by atoms with van der Waals surface area (Å²) in [4.78, 5) is 28.8. The average molecular weight is 497 g/mol. The van der Waals surface area contributed by atoms with Crippen LogP contribution >= 0.6 is 23.2 Å². The third-order valence-electron chi connectivity index (χ3n) is 5.81. The third kappa shape index (κ3) is 7.61. The van der Waals surface area contributed by atoms with Crippen molar-refractivity contribution in [3.63, 3.8) is 0 Å². The van der Waals surface area contributed by atoms with Gasteiger partial charge in [0.15, 0.2) is 0 Å². The lowest BCUT2D eigenvalue weighted by molar-refractivity contribution is -0.141. The van der Waals surface area contributed by atoms with Gasteiger partial charge < -0.3 is 10.2 Å². The Morgan fingerprint density at radius 3 is 1.94 bits per heavy atom. The second-order valence-electron chi connectivity index (χ2n) is 8.47. The van der Waals surface area contributed by atoms with Crippen LogP contribution in [-0.4, -0.2) is 28.8 Å². The van der Waals surface area contributed by atoms with Crippen molar-refractivity contribution in [1.82, 2.24) is 10.2 Å². The Hall–Kier alpha value is -2.82. The summed E-state index contributed by atoms with van der Waals surface area (Å²) in [5.74, 6) is -0.283. The minimum absolute atomic E-state index is 0.00882. The molecule has 2 atom stereocenters. The Kier molecular flexibility index (Phi) is 9.55. The average Bonchev–Trinajstić information content (AvgIpc) is 2.84. The van der Waals surface area contributed by atoms with Gasteiger partial charge in [0.1, 0.15) is 6.04 Å². The number of hydrogen-bond acceptors (Lipinski definition) is 2. The van der Waals surface area contributed by atoms with E-state index in [0.29, 0.717) is 23.0 Å². The SMILES string of the molecule is CCC(C)NC(=O)C(Cc1ccccc1)N(Cc1ccc(Cl)cc1)C(=O)Cc1ccc(Cl)cc1. The molecule has 0 aromatic heterocycles. The number of nitrogens with one attached hydrogen (secondary N) is 1. The number of carbonyl (C=O) groups is 2. The van der Waals surface area contributed by atoms with Crippen molar-refractivity contribution in [2.45, 2.75) is 51.7 Å². The van der Waals surface area contributed by atoms with Crippen molar-refractivity contribution in [1.29, 1.82) is 0 Å². The summed E-state index contributed by atoms with van der Waals surface area (Å²) in [6.07, 6.45) is 1.40. The van der Waals surface area contributed by atoms with Gasteiger partial charge in [-0.2, -0.15) is 0 Å². The molecule has 3 aromatic rings. The standard InChI is InChI=1S/C28H30Cl2N2O2/c1-3-20(2)31-28(34)26(17-21-7-5-4-6-8-21)32(19-23-11-15-25(30)16-12-23)27(33)18-22-9-13-24(29)14-10-22/h4-16,20,26H,3,17-19H2,1-2H3,(H,31,34). The number of rotatable bonds is 10. The van der Waals surface area contributed by atoms with Crippen molar-refractivity contribution in [2.24, 2.45) is 0 Å². The molecule has 178 valence electrons. The predicted octanol–water partition coefficient (Wildman–Crippen LogP) is 6.09. The van der Waals surface area contributed by atoms with E-state index in [4.69, 9.17) is 23.2 Å². The second-order valence-corrected chi connectivity index (χ2v) is 9.35. The van der Waals surface area contributed by atoms with E-state index < -0.39 is 6.04 Å². The van der Waals surface area contributed by atoms with Crippen LogP contribution in [0, 0.1) is 0 Å². The Morgan fingerprint density at radius 1 is 0.824 bits per heavy atom. The molecule has 0 aliphatic rings. The van der Waals surface area contributed by atoms with Gasteiger partial charge in [0.25, 0.3) is 0 Å². The van der Waals surface area contributed by atoms with Crippen LogP contribution in [0.1, 0.15) is 37.0 Å². The molecule has 0 bridgehead atoms. The summed E-state index contributed by atoms with van der Waals surface area (Å²) in [5.41, 5.74) is 2.74. The van der Waals surface area contributed by atoms with E-state index in [1.54, 1.807) is 29.2 Å². The van der Waals surface area contributed by atoms with E-state index >= 15 is 0 Å². The van der Waals surface area contributed by atoms with E-state index in [0.717, 1.165) is 23.1 Å². The molecule has 0 aliphatic carbocycles. The maximum atomic E-state index is 13.6. The van der Waals surface area contributed by atoms with E-state index in [9.17, 15) is 9.59 Å². The Labute approximate surface area is 211 Å². The third-order valence-corrected chi connectivity index (χ3v) is 6.31. The maximum Gasteiger partial charge on any atom is 0.243 e. The van der Waals surface area contributed by atoms with Gasteiger partial charge in [0.2, 0.25) is 11.8 Å². The van der Waals surface area contributed by atoms with Crippen LogP contribution in [0.5, 0.6) is 0 Å². The van der Waals surface area contributed by atoms with Gasteiger partial charge in [-0.15, -0.1) is 0 Å². The molecule has 0 aliphatic heterocycles. The first-order chi connectivity index (χ1) is 16.4. The lowest BCUT2D eigenvalue weighted by atomic mass is 10.0. The summed E-state index contributed by atoms with van der Waals surface area (Å²) < 4.78 is 0. The minimum atomic E-state index is -0.660. The fourth-order valence-corrected chi connectivity index (χ4v) is 3.91. The van der Waals surface area contributed by atoms with Crippen molar-refractivity contribution < 1.29 is 9.59 Å². The molecule has 34 heavy (non-hydrogen) atoms. The van der Waals surface area contributed by atoms with Crippen molar-refractivity contribution in [3.8, 4) is 0 Å². The molecule has 0 heterocycles. The van der Waals surface area contributed by atoms with E-state index in [-0.39, 0.29) is 24.3 Å². The first kappa shape index (κ1) is 25.8. The van der Waals surface area contributed by atoms with Gasteiger partial charge in [-0.1, -0.05) is 84.7 Å². The second kappa shape index (κ2) is 12.6. The summed E-state index contributed by atoms with van der Waals surface area (Å²) in [7, 11) is 0. The van der Waals surface area contributed by atoms with Gasteiger partial charge >= 0.3 is 0 Å². The Bertz CT molecular complexity index is 1070. The monoisotopic (exact) mass is 496 g/mol. The van der Waals surface area contributed by atoms with Crippen molar-refractivity contribution in [3.05, 3.63) is 106 Å². The molecule has 0 spiro atoms. The first-order valence-electron chi connectivity index (χ1n) is 11.5. The number of carbonyl (C=O) groups excluding carboxylic acids is 2. The van der Waals surface area contributed by atoms with Crippen LogP contribution in [0.25, 0.3) is 0 Å². The molecule has 2 amide bonds. The van der Waals surface area contributed by atoms with E-state index in [1.807, 2.05) is 68.4 Å². The van der Waals surface area contributed by atoms with Gasteiger partial charge in [0, 0.05) is 29.1 Å². The molecule has 3 aromatic carbocycles. The highest BCUT2D eigenvalue weighted by Crippen LogP contribution is 2.19.